The third kappa shape index (κ3) is 6.07. The molecular weight excluding hydrogens is 486 g/mol. The van der Waals surface area contributed by atoms with E-state index in [1.54, 1.807) is 13.0 Å². The van der Waals surface area contributed by atoms with Crippen LogP contribution >= 0.6 is 0 Å². The first kappa shape index (κ1) is 27.8. The number of nitrogens with zero attached hydrogens (tertiary/aromatic N) is 4. The molecule has 1 aromatic carbocycles. The van der Waals surface area contributed by atoms with E-state index in [1.165, 1.54) is 4.90 Å². The van der Waals surface area contributed by atoms with Crippen LogP contribution in [0.15, 0.2) is 34.4 Å². The van der Waals surface area contributed by atoms with Crippen molar-refractivity contribution in [2.24, 2.45) is 5.10 Å². The minimum atomic E-state index is -0.837. The number of phenols is 1. The Morgan fingerprint density at radius 3 is 2.39 bits per heavy atom. The van der Waals surface area contributed by atoms with Gasteiger partial charge in [0.25, 0.3) is 11.8 Å². The van der Waals surface area contributed by atoms with Crippen molar-refractivity contribution in [3.8, 4) is 5.75 Å². The quantitative estimate of drug-likeness (QED) is 0.269. The van der Waals surface area contributed by atoms with Gasteiger partial charge >= 0.3 is 5.97 Å². The van der Waals surface area contributed by atoms with E-state index < -0.39 is 11.9 Å². The summed E-state index contributed by atoms with van der Waals surface area (Å²) in [6.45, 7) is 3.48. The molecule has 0 bridgehead atoms. The van der Waals surface area contributed by atoms with Crippen LogP contribution in [0.2, 0.25) is 0 Å². The Hall–Kier alpha value is -3.24. The molecule has 2 amide bonds. The number of para-hydroxylation sites is 1. The van der Waals surface area contributed by atoms with Gasteiger partial charge in [0.15, 0.2) is 5.71 Å². The Labute approximate surface area is 224 Å². The molecule has 4 rings (SSSR count). The number of likely N-dealkylation sites (tertiary alicyclic amines) is 1. The lowest BCUT2D eigenvalue weighted by Crippen LogP contribution is -2.53. The second-order valence-corrected chi connectivity index (χ2v) is 10.9. The average Bonchev–Trinajstić information content (AvgIpc) is 2.88. The molecule has 2 heterocycles. The number of nitrogens with one attached hydrogen (secondary N) is 1. The number of phenolic OH excluding ortho intramolecular Hbond substituents is 1. The van der Waals surface area contributed by atoms with Crippen molar-refractivity contribution < 1.29 is 24.6 Å². The number of carbonyl (C=O) groups is 3. The average molecular weight is 526 g/mol. The number of aliphatic carboxylic acids is 1. The molecule has 206 valence electrons. The van der Waals surface area contributed by atoms with Gasteiger partial charge < -0.3 is 15.1 Å². The monoisotopic (exact) mass is 525 g/mol. The summed E-state index contributed by atoms with van der Waals surface area (Å²) in [6, 6.07) is 5.30. The molecule has 10 nitrogen and oxygen atoms in total. The van der Waals surface area contributed by atoms with E-state index in [1.807, 2.05) is 36.0 Å². The van der Waals surface area contributed by atoms with Crippen LogP contribution in [0.5, 0.6) is 5.75 Å². The predicted octanol–water partition coefficient (Wildman–Crippen LogP) is 3.00. The highest BCUT2D eigenvalue weighted by Gasteiger charge is 2.41. The lowest BCUT2D eigenvalue weighted by atomic mass is 9.88. The van der Waals surface area contributed by atoms with Crippen molar-refractivity contribution in [3.63, 3.8) is 0 Å². The Morgan fingerprint density at radius 2 is 1.76 bits per heavy atom. The van der Waals surface area contributed by atoms with Crippen LogP contribution in [-0.4, -0.2) is 94.7 Å². The highest BCUT2D eigenvalue weighted by atomic mass is 16.4. The highest BCUT2D eigenvalue weighted by molar-refractivity contribution is 6.50. The molecule has 0 aromatic heterocycles. The van der Waals surface area contributed by atoms with Crippen LogP contribution < -0.4 is 5.43 Å². The van der Waals surface area contributed by atoms with E-state index in [2.05, 4.69) is 10.5 Å². The Morgan fingerprint density at radius 1 is 1.08 bits per heavy atom. The van der Waals surface area contributed by atoms with Crippen molar-refractivity contribution >= 4 is 29.2 Å². The topological polar surface area (TPSA) is 126 Å². The Bertz CT molecular complexity index is 1130. The number of carboxylic acid groups (broad SMARTS) is 1. The molecular formula is C28H39N5O5. The molecule has 38 heavy (non-hydrogen) atoms. The number of aromatic hydroxyl groups is 1. The summed E-state index contributed by atoms with van der Waals surface area (Å²) in [7, 11) is 3.78. The summed E-state index contributed by atoms with van der Waals surface area (Å²) >= 11 is 0. The van der Waals surface area contributed by atoms with Crippen molar-refractivity contribution in [1.82, 2.24) is 14.7 Å². The molecule has 1 aliphatic carbocycles. The normalized spacial score (nSPS) is 21.6. The molecule has 1 saturated carbocycles. The lowest BCUT2D eigenvalue weighted by molar-refractivity contribution is -0.142. The number of carboxylic acids is 1. The predicted molar refractivity (Wildman–Crippen MR) is 145 cm³/mol. The van der Waals surface area contributed by atoms with E-state index in [0.29, 0.717) is 36.5 Å². The second kappa shape index (κ2) is 12.1. The zero-order valence-electron chi connectivity index (χ0n) is 22.6. The SMILES string of the molecule is CC1=C(CN(C)C)C(=O)N(C2CCCCC2)C(=O)C1=NNc1cccc(C2CCN(CC(=O)O)CC2)c1O. The third-order valence-corrected chi connectivity index (χ3v) is 7.86. The third-order valence-electron chi connectivity index (χ3n) is 7.86. The van der Waals surface area contributed by atoms with Gasteiger partial charge in [-0.05, 0) is 82.9 Å². The van der Waals surface area contributed by atoms with Gasteiger partial charge in [-0.2, -0.15) is 5.10 Å². The van der Waals surface area contributed by atoms with E-state index in [4.69, 9.17) is 5.11 Å². The number of hydrogen-bond acceptors (Lipinski definition) is 8. The number of amides is 2. The van der Waals surface area contributed by atoms with Crippen LogP contribution in [-0.2, 0) is 14.4 Å². The zero-order chi connectivity index (χ0) is 27.4. The van der Waals surface area contributed by atoms with Crippen LogP contribution in [0.3, 0.4) is 0 Å². The smallest absolute Gasteiger partial charge is 0.317 e. The van der Waals surface area contributed by atoms with E-state index in [-0.39, 0.29) is 35.9 Å². The maximum Gasteiger partial charge on any atom is 0.317 e. The number of carbonyl (C=O) groups excluding carboxylic acids is 2. The van der Waals surface area contributed by atoms with Crippen molar-refractivity contribution in [2.45, 2.75) is 63.8 Å². The number of imide groups is 1. The van der Waals surface area contributed by atoms with Gasteiger partial charge in [0.05, 0.1) is 12.2 Å². The van der Waals surface area contributed by atoms with E-state index in [9.17, 15) is 19.5 Å². The van der Waals surface area contributed by atoms with Crippen molar-refractivity contribution in [1.29, 1.82) is 0 Å². The summed E-state index contributed by atoms with van der Waals surface area (Å²) in [5, 5.41) is 24.6. The summed E-state index contributed by atoms with van der Waals surface area (Å²) < 4.78 is 0. The minimum absolute atomic E-state index is 0.0227. The standard InChI is InChI=1S/C28H39N5O5/c1-18-22(16-31(2)3)27(37)33(20-8-5-4-6-9-20)28(38)25(18)30-29-23-11-7-10-21(26(23)36)19-12-14-32(15-13-19)17-24(34)35/h7,10-11,19-20,29,36H,4-6,8-9,12-17H2,1-3H3,(H,34,35). The number of hydrazone groups is 1. The fraction of sp³-hybridized carbons (Fsp3) is 0.571. The molecule has 2 aliphatic heterocycles. The minimum Gasteiger partial charge on any atom is -0.505 e. The number of rotatable bonds is 8. The van der Waals surface area contributed by atoms with Crippen LogP contribution in [0.1, 0.15) is 63.4 Å². The van der Waals surface area contributed by atoms with Gasteiger partial charge in [0, 0.05) is 18.2 Å². The summed E-state index contributed by atoms with van der Waals surface area (Å²) in [6.07, 6.45) is 6.20. The molecule has 0 spiro atoms. The van der Waals surface area contributed by atoms with Gasteiger partial charge in [-0.1, -0.05) is 31.4 Å². The molecule has 1 aromatic rings. The summed E-state index contributed by atoms with van der Waals surface area (Å²) in [5.74, 6) is -1.29. The maximum atomic E-state index is 13.6. The van der Waals surface area contributed by atoms with Gasteiger partial charge in [-0.25, -0.2) is 0 Å². The molecule has 0 unspecified atom stereocenters. The van der Waals surface area contributed by atoms with Crippen molar-refractivity contribution in [3.05, 3.63) is 34.9 Å². The lowest BCUT2D eigenvalue weighted by Gasteiger charge is -2.37. The fourth-order valence-corrected chi connectivity index (χ4v) is 5.81. The molecule has 3 N–H and O–H groups in total. The molecule has 2 fully saturated rings. The summed E-state index contributed by atoms with van der Waals surface area (Å²) in [4.78, 5) is 43.2. The highest BCUT2D eigenvalue weighted by Crippen LogP contribution is 2.38. The van der Waals surface area contributed by atoms with E-state index in [0.717, 1.165) is 50.5 Å². The maximum absolute atomic E-state index is 13.6. The summed E-state index contributed by atoms with van der Waals surface area (Å²) in [5.41, 5.74) is 5.38. The fourth-order valence-electron chi connectivity index (χ4n) is 5.81. The second-order valence-electron chi connectivity index (χ2n) is 10.9. The number of likely N-dealkylation sites (N-methyl/N-ethyl adjacent to an activating group) is 1. The Balaban J connectivity index is 1.58. The van der Waals surface area contributed by atoms with Gasteiger partial charge in [-0.15, -0.1) is 0 Å². The first-order valence-corrected chi connectivity index (χ1v) is 13.5. The van der Waals surface area contributed by atoms with Crippen LogP contribution in [0.4, 0.5) is 5.69 Å². The molecule has 10 heteroatoms. The van der Waals surface area contributed by atoms with E-state index >= 15 is 0 Å². The zero-order valence-corrected chi connectivity index (χ0v) is 22.6. The number of piperidine rings is 1. The molecule has 3 aliphatic rings. The molecule has 1 saturated heterocycles. The number of benzene rings is 1. The first-order valence-electron chi connectivity index (χ1n) is 13.5. The van der Waals surface area contributed by atoms with Crippen LogP contribution in [0.25, 0.3) is 0 Å². The first-order chi connectivity index (χ1) is 18.2. The van der Waals surface area contributed by atoms with Crippen LogP contribution in [0, 0.1) is 0 Å². The van der Waals surface area contributed by atoms with Crippen molar-refractivity contribution in [2.75, 3.05) is 45.7 Å². The van der Waals surface area contributed by atoms with Gasteiger partial charge in [0.2, 0.25) is 0 Å². The number of hydrogen-bond donors (Lipinski definition) is 3. The molecule has 0 atom stereocenters. The largest absolute Gasteiger partial charge is 0.505 e. The number of anilines is 1. The molecule has 0 radical (unpaired) electrons. The van der Waals surface area contributed by atoms with Gasteiger partial charge in [0.1, 0.15) is 5.75 Å². The Kier molecular flexibility index (Phi) is 8.83. The van der Waals surface area contributed by atoms with Gasteiger partial charge in [-0.3, -0.25) is 29.6 Å².